The van der Waals surface area contributed by atoms with Crippen molar-refractivity contribution in [2.45, 2.75) is 0 Å². The number of anilines is 2. The average molecular weight is 291 g/mol. The largest absolute Gasteiger partial charge is 0.339 e. The molecule has 0 bridgehead atoms. The zero-order valence-electron chi connectivity index (χ0n) is 9.64. The van der Waals surface area contributed by atoms with E-state index < -0.39 is 0 Å². The number of halogens is 2. The Morgan fingerprint density at radius 1 is 0.947 bits per heavy atom. The number of nitrogens with zero attached hydrogens (tertiary/aromatic N) is 3. The molecule has 94 valence electrons. The highest BCUT2D eigenvalue weighted by molar-refractivity contribution is 6.35. The molecule has 0 atom stereocenters. The van der Waals surface area contributed by atoms with Crippen molar-refractivity contribution in [3.05, 3.63) is 52.9 Å². The fraction of sp³-hybridized carbons (Fsp3) is 0. The van der Waals surface area contributed by atoms with E-state index in [1.807, 2.05) is 12.1 Å². The van der Waals surface area contributed by atoms with E-state index in [0.29, 0.717) is 21.5 Å². The molecule has 0 fully saturated rings. The van der Waals surface area contributed by atoms with Gasteiger partial charge >= 0.3 is 0 Å². The molecule has 4 nitrogen and oxygen atoms in total. The molecule has 2 heterocycles. The lowest BCUT2D eigenvalue weighted by molar-refractivity contribution is 1.18. The summed E-state index contributed by atoms with van der Waals surface area (Å²) in [5.74, 6) is 0.663. The van der Waals surface area contributed by atoms with Gasteiger partial charge in [-0.3, -0.25) is 0 Å². The summed E-state index contributed by atoms with van der Waals surface area (Å²) in [6.45, 7) is 0. The summed E-state index contributed by atoms with van der Waals surface area (Å²) in [7, 11) is 0. The molecule has 3 rings (SSSR count). The van der Waals surface area contributed by atoms with Crippen LogP contribution >= 0.6 is 23.2 Å². The van der Waals surface area contributed by atoms with Crippen LogP contribution in [-0.4, -0.2) is 15.0 Å². The van der Waals surface area contributed by atoms with E-state index in [1.165, 1.54) is 6.33 Å². The van der Waals surface area contributed by atoms with Crippen molar-refractivity contribution in [1.29, 1.82) is 0 Å². The van der Waals surface area contributed by atoms with E-state index in [0.717, 1.165) is 11.1 Å². The van der Waals surface area contributed by atoms with E-state index in [2.05, 4.69) is 20.3 Å². The number of hydrogen-bond acceptors (Lipinski definition) is 4. The number of rotatable bonds is 2. The molecule has 0 amide bonds. The maximum atomic E-state index is 5.97. The Morgan fingerprint density at radius 3 is 2.53 bits per heavy atom. The van der Waals surface area contributed by atoms with Crippen LogP contribution < -0.4 is 5.32 Å². The van der Waals surface area contributed by atoms with Gasteiger partial charge in [0.25, 0.3) is 0 Å². The van der Waals surface area contributed by atoms with Crippen molar-refractivity contribution in [1.82, 2.24) is 15.0 Å². The topological polar surface area (TPSA) is 50.7 Å². The van der Waals surface area contributed by atoms with Crippen molar-refractivity contribution < 1.29 is 0 Å². The van der Waals surface area contributed by atoms with Gasteiger partial charge in [0.15, 0.2) is 5.65 Å². The summed E-state index contributed by atoms with van der Waals surface area (Å²) in [5.41, 5.74) is 1.40. The third kappa shape index (κ3) is 2.59. The second-order valence-corrected chi connectivity index (χ2v) is 4.75. The number of pyridine rings is 1. The second kappa shape index (κ2) is 4.99. The predicted molar refractivity (Wildman–Crippen MR) is 77.1 cm³/mol. The summed E-state index contributed by atoms with van der Waals surface area (Å²) in [6.07, 6.45) is 3.15. The normalized spacial score (nSPS) is 10.6. The fourth-order valence-electron chi connectivity index (χ4n) is 1.76. The van der Waals surface area contributed by atoms with Gasteiger partial charge in [0.1, 0.15) is 12.1 Å². The SMILES string of the molecule is Clc1cc(Cl)cc(Nc2ncnc3ncccc23)c1. The van der Waals surface area contributed by atoms with Gasteiger partial charge in [-0.1, -0.05) is 23.2 Å². The number of hydrogen-bond donors (Lipinski definition) is 1. The third-order valence-electron chi connectivity index (χ3n) is 2.53. The first-order valence-electron chi connectivity index (χ1n) is 5.51. The number of nitrogens with one attached hydrogen (secondary N) is 1. The summed E-state index contributed by atoms with van der Waals surface area (Å²) in [5, 5.41) is 5.13. The van der Waals surface area contributed by atoms with E-state index >= 15 is 0 Å². The lowest BCUT2D eigenvalue weighted by Crippen LogP contribution is -1.96. The predicted octanol–water partition coefficient (Wildman–Crippen LogP) is 4.08. The van der Waals surface area contributed by atoms with Crippen LogP contribution in [0.15, 0.2) is 42.9 Å². The Bertz CT molecular complexity index is 720. The van der Waals surface area contributed by atoms with Crippen LogP contribution in [0.4, 0.5) is 11.5 Å². The molecule has 0 aliphatic rings. The molecular formula is C13H8Cl2N4. The highest BCUT2D eigenvalue weighted by Crippen LogP contribution is 2.26. The first-order valence-corrected chi connectivity index (χ1v) is 6.27. The zero-order chi connectivity index (χ0) is 13.2. The van der Waals surface area contributed by atoms with Gasteiger partial charge < -0.3 is 5.32 Å². The Morgan fingerprint density at radius 2 is 1.74 bits per heavy atom. The van der Waals surface area contributed by atoms with E-state index in [9.17, 15) is 0 Å². The Balaban J connectivity index is 2.05. The first-order chi connectivity index (χ1) is 9.22. The summed E-state index contributed by atoms with van der Waals surface area (Å²) in [4.78, 5) is 12.5. The van der Waals surface area contributed by atoms with E-state index in [4.69, 9.17) is 23.2 Å². The average Bonchev–Trinajstić information content (AvgIpc) is 2.38. The van der Waals surface area contributed by atoms with Gasteiger partial charge in [-0.25, -0.2) is 15.0 Å². The van der Waals surface area contributed by atoms with Crippen LogP contribution in [0.1, 0.15) is 0 Å². The lowest BCUT2D eigenvalue weighted by Gasteiger charge is -2.08. The van der Waals surface area contributed by atoms with Crippen LogP contribution in [-0.2, 0) is 0 Å². The van der Waals surface area contributed by atoms with Gasteiger partial charge in [0.05, 0.1) is 5.39 Å². The van der Waals surface area contributed by atoms with Gasteiger partial charge in [-0.15, -0.1) is 0 Å². The van der Waals surface area contributed by atoms with E-state index in [1.54, 1.807) is 24.4 Å². The molecule has 0 radical (unpaired) electrons. The lowest BCUT2D eigenvalue weighted by atomic mass is 10.3. The molecule has 0 unspecified atom stereocenters. The molecule has 1 N–H and O–H groups in total. The molecule has 0 spiro atoms. The summed E-state index contributed by atoms with van der Waals surface area (Å²) >= 11 is 11.9. The highest BCUT2D eigenvalue weighted by atomic mass is 35.5. The smallest absolute Gasteiger partial charge is 0.164 e. The second-order valence-electron chi connectivity index (χ2n) is 3.88. The molecule has 19 heavy (non-hydrogen) atoms. The standard InChI is InChI=1S/C13H8Cl2N4/c14-8-4-9(15)6-10(5-8)19-13-11-2-1-3-16-12(11)17-7-18-13/h1-7H,(H,16,17,18,19). The minimum atomic E-state index is 0.562. The Labute approximate surface area is 119 Å². The maximum Gasteiger partial charge on any atom is 0.164 e. The van der Waals surface area contributed by atoms with Crippen LogP contribution in [0.2, 0.25) is 10.0 Å². The number of benzene rings is 1. The summed E-state index contributed by atoms with van der Waals surface area (Å²) < 4.78 is 0. The van der Waals surface area contributed by atoms with Gasteiger partial charge in [0.2, 0.25) is 0 Å². The minimum absolute atomic E-state index is 0.562. The Hall–Kier alpha value is -1.91. The van der Waals surface area contributed by atoms with E-state index in [-0.39, 0.29) is 0 Å². The van der Waals surface area contributed by atoms with Crippen molar-refractivity contribution in [3.8, 4) is 0 Å². The quantitative estimate of drug-likeness (QED) is 0.773. The first kappa shape index (κ1) is 12.1. The van der Waals surface area contributed by atoms with Crippen molar-refractivity contribution >= 4 is 45.7 Å². The third-order valence-corrected chi connectivity index (χ3v) is 2.97. The molecule has 6 heteroatoms. The molecule has 0 saturated heterocycles. The van der Waals surface area contributed by atoms with Crippen LogP contribution in [0.5, 0.6) is 0 Å². The molecule has 0 aliphatic carbocycles. The summed E-state index contributed by atoms with van der Waals surface area (Å²) in [6, 6.07) is 8.96. The highest BCUT2D eigenvalue weighted by Gasteiger charge is 2.05. The zero-order valence-corrected chi connectivity index (χ0v) is 11.2. The molecule has 0 saturated carbocycles. The number of fused-ring (bicyclic) bond motifs is 1. The fourth-order valence-corrected chi connectivity index (χ4v) is 2.28. The monoisotopic (exact) mass is 290 g/mol. The van der Waals surface area contributed by atoms with Crippen molar-refractivity contribution in [2.24, 2.45) is 0 Å². The molecule has 1 aromatic carbocycles. The molecule has 0 aliphatic heterocycles. The van der Waals surface area contributed by atoms with Gasteiger partial charge in [-0.05, 0) is 30.3 Å². The molecule has 2 aromatic heterocycles. The van der Waals surface area contributed by atoms with Crippen LogP contribution in [0, 0.1) is 0 Å². The van der Waals surface area contributed by atoms with Gasteiger partial charge in [-0.2, -0.15) is 0 Å². The number of aromatic nitrogens is 3. The maximum absolute atomic E-state index is 5.97. The van der Waals surface area contributed by atoms with Crippen LogP contribution in [0.25, 0.3) is 11.0 Å². The minimum Gasteiger partial charge on any atom is -0.339 e. The van der Waals surface area contributed by atoms with Crippen molar-refractivity contribution in [2.75, 3.05) is 5.32 Å². The Kier molecular flexibility index (Phi) is 3.19. The van der Waals surface area contributed by atoms with Crippen LogP contribution in [0.3, 0.4) is 0 Å². The molecular weight excluding hydrogens is 283 g/mol. The van der Waals surface area contributed by atoms with Gasteiger partial charge in [0, 0.05) is 21.9 Å². The van der Waals surface area contributed by atoms with Crippen molar-refractivity contribution in [3.63, 3.8) is 0 Å². The molecule has 3 aromatic rings.